The summed E-state index contributed by atoms with van der Waals surface area (Å²) in [5.74, 6) is 0.0559. The number of amides is 1. The molecule has 6 heteroatoms. The fourth-order valence-electron chi connectivity index (χ4n) is 1.46. The van der Waals surface area contributed by atoms with Gasteiger partial charge in [-0.05, 0) is 24.3 Å². The zero-order chi connectivity index (χ0) is 13.5. The van der Waals surface area contributed by atoms with E-state index in [9.17, 15) is 9.18 Å². The lowest BCUT2D eigenvalue weighted by atomic mass is 10.2. The molecule has 0 spiro atoms. The molecule has 0 saturated heterocycles. The van der Waals surface area contributed by atoms with Crippen LogP contribution in [0.1, 0.15) is 10.4 Å². The van der Waals surface area contributed by atoms with Crippen molar-refractivity contribution in [2.24, 2.45) is 0 Å². The van der Waals surface area contributed by atoms with E-state index in [2.05, 4.69) is 20.6 Å². The van der Waals surface area contributed by atoms with Crippen molar-refractivity contribution in [2.45, 2.75) is 0 Å². The van der Waals surface area contributed by atoms with Gasteiger partial charge in [0.05, 0.1) is 6.20 Å². The molecule has 0 saturated carbocycles. The van der Waals surface area contributed by atoms with Gasteiger partial charge in [-0.1, -0.05) is 0 Å². The second-order valence-corrected chi connectivity index (χ2v) is 3.78. The first-order valence-electron chi connectivity index (χ1n) is 5.79. The zero-order valence-electron chi connectivity index (χ0n) is 10.1. The van der Waals surface area contributed by atoms with E-state index in [4.69, 9.17) is 0 Å². The number of carbonyl (C=O) groups is 1. The van der Waals surface area contributed by atoms with Gasteiger partial charge in [-0.2, -0.15) is 0 Å². The highest BCUT2D eigenvalue weighted by Gasteiger charge is 2.04. The van der Waals surface area contributed by atoms with Gasteiger partial charge in [-0.3, -0.25) is 9.78 Å². The minimum Gasteiger partial charge on any atom is -0.367 e. The van der Waals surface area contributed by atoms with E-state index in [1.807, 2.05) is 0 Å². The van der Waals surface area contributed by atoms with Crippen LogP contribution in [0.25, 0.3) is 0 Å². The number of hydrogen-bond donors (Lipinski definition) is 2. The largest absolute Gasteiger partial charge is 0.367 e. The predicted molar refractivity (Wildman–Crippen MR) is 69.3 cm³/mol. The summed E-state index contributed by atoms with van der Waals surface area (Å²) in [7, 11) is 0. The molecule has 0 aliphatic heterocycles. The monoisotopic (exact) mass is 260 g/mol. The number of nitrogens with zero attached hydrogens (tertiary/aromatic N) is 2. The normalized spacial score (nSPS) is 9.95. The first-order chi connectivity index (χ1) is 9.25. The highest BCUT2D eigenvalue weighted by atomic mass is 19.1. The van der Waals surface area contributed by atoms with Crippen molar-refractivity contribution in [3.8, 4) is 0 Å². The number of halogens is 1. The predicted octanol–water partition coefficient (Wildman–Crippen LogP) is 1.46. The molecule has 98 valence electrons. The summed E-state index contributed by atoms with van der Waals surface area (Å²) in [5.41, 5.74) is 0.431. The van der Waals surface area contributed by atoms with Gasteiger partial charge in [-0.25, -0.2) is 9.37 Å². The van der Waals surface area contributed by atoms with Crippen molar-refractivity contribution in [1.82, 2.24) is 15.3 Å². The molecule has 1 aromatic heterocycles. The highest BCUT2D eigenvalue weighted by molar-refractivity contribution is 5.94. The molecule has 0 radical (unpaired) electrons. The lowest BCUT2D eigenvalue weighted by Gasteiger charge is -2.06. The van der Waals surface area contributed by atoms with Crippen molar-refractivity contribution in [3.05, 3.63) is 54.2 Å². The maximum absolute atomic E-state index is 12.7. The van der Waals surface area contributed by atoms with Gasteiger partial charge < -0.3 is 10.6 Å². The molecule has 1 heterocycles. The molecule has 0 atom stereocenters. The van der Waals surface area contributed by atoms with Crippen LogP contribution in [0.15, 0.2) is 42.9 Å². The van der Waals surface area contributed by atoms with Crippen LogP contribution in [-0.4, -0.2) is 29.0 Å². The van der Waals surface area contributed by atoms with E-state index in [1.54, 1.807) is 18.6 Å². The van der Waals surface area contributed by atoms with Crippen molar-refractivity contribution >= 4 is 11.7 Å². The smallest absolute Gasteiger partial charge is 0.251 e. The van der Waals surface area contributed by atoms with E-state index >= 15 is 0 Å². The third-order valence-corrected chi connectivity index (χ3v) is 2.39. The summed E-state index contributed by atoms with van der Waals surface area (Å²) in [6.07, 6.45) is 4.77. The Morgan fingerprint density at radius 1 is 1.16 bits per heavy atom. The average molecular weight is 260 g/mol. The zero-order valence-corrected chi connectivity index (χ0v) is 10.1. The molecular weight excluding hydrogens is 247 g/mol. The molecule has 0 bridgehead atoms. The van der Waals surface area contributed by atoms with Crippen LogP contribution in [0.4, 0.5) is 10.2 Å². The molecule has 19 heavy (non-hydrogen) atoms. The fraction of sp³-hybridized carbons (Fsp3) is 0.154. The van der Waals surface area contributed by atoms with Crippen LogP contribution < -0.4 is 10.6 Å². The Hall–Kier alpha value is -2.50. The standard InChI is InChI=1S/C13H13FN4O/c14-11-3-1-10(2-4-11)13(19)18-8-7-17-12-9-15-5-6-16-12/h1-6,9H,7-8H2,(H,16,17)(H,18,19). The molecule has 5 nitrogen and oxygen atoms in total. The Morgan fingerprint density at radius 2 is 1.95 bits per heavy atom. The number of aromatic nitrogens is 2. The van der Waals surface area contributed by atoms with Gasteiger partial charge >= 0.3 is 0 Å². The number of hydrogen-bond acceptors (Lipinski definition) is 4. The second kappa shape index (κ2) is 6.44. The van der Waals surface area contributed by atoms with Gasteiger partial charge in [0.1, 0.15) is 11.6 Å². The Balaban J connectivity index is 1.74. The maximum Gasteiger partial charge on any atom is 0.251 e. The molecule has 0 aliphatic rings. The Morgan fingerprint density at radius 3 is 2.63 bits per heavy atom. The van der Waals surface area contributed by atoms with Crippen molar-refractivity contribution in [1.29, 1.82) is 0 Å². The van der Waals surface area contributed by atoms with E-state index in [1.165, 1.54) is 24.3 Å². The van der Waals surface area contributed by atoms with Crippen LogP contribution >= 0.6 is 0 Å². The summed E-state index contributed by atoms with van der Waals surface area (Å²) in [5, 5.41) is 5.73. The first kappa shape index (κ1) is 12.9. The van der Waals surface area contributed by atoms with Crippen LogP contribution in [0.2, 0.25) is 0 Å². The number of rotatable bonds is 5. The first-order valence-corrected chi connectivity index (χ1v) is 5.79. The summed E-state index contributed by atoms with van der Waals surface area (Å²) < 4.78 is 12.7. The Bertz CT molecular complexity index is 530. The van der Waals surface area contributed by atoms with Gasteiger partial charge in [0.2, 0.25) is 0 Å². The molecule has 2 aromatic rings. The molecule has 0 aliphatic carbocycles. The molecule has 0 fully saturated rings. The minimum atomic E-state index is -0.360. The van der Waals surface area contributed by atoms with Crippen LogP contribution in [-0.2, 0) is 0 Å². The highest BCUT2D eigenvalue weighted by Crippen LogP contribution is 2.02. The number of anilines is 1. The summed E-state index contributed by atoms with van der Waals surface area (Å²) in [6, 6.07) is 5.40. The average Bonchev–Trinajstić information content (AvgIpc) is 2.45. The molecule has 2 rings (SSSR count). The molecule has 0 unspecified atom stereocenters. The van der Waals surface area contributed by atoms with Crippen molar-refractivity contribution < 1.29 is 9.18 Å². The Kier molecular flexibility index (Phi) is 4.39. The quantitative estimate of drug-likeness (QED) is 0.799. The molecule has 2 N–H and O–H groups in total. The SMILES string of the molecule is O=C(NCCNc1cnccn1)c1ccc(F)cc1. The fourth-order valence-corrected chi connectivity index (χ4v) is 1.46. The lowest BCUT2D eigenvalue weighted by Crippen LogP contribution is -2.28. The van der Waals surface area contributed by atoms with Crippen molar-refractivity contribution in [2.75, 3.05) is 18.4 Å². The third kappa shape index (κ3) is 4.02. The van der Waals surface area contributed by atoms with Gasteiger partial charge in [0.15, 0.2) is 0 Å². The number of nitrogens with one attached hydrogen (secondary N) is 2. The molecule has 1 amide bonds. The Labute approximate surface area is 109 Å². The van der Waals surface area contributed by atoms with E-state index < -0.39 is 0 Å². The van der Waals surface area contributed by atoms with E-state index in [-0.39, 0.29) is 11.7 Å². The maximum atomic E-state index is 12.7. The van der Waals surface area contributed by atoms with Crippen LogP contribution in [0.3, 0.4) is 0 Å². The molecular formula is C13H13FN4O. The topological polar surface area (TPSA) is 66.9 Å². The summed E-state index contributed by atoms with van der Waals surface area (Å²) in [4.78, 5) is 19.6. The van der Waals surface area contributed by atoms with Crippen LogP contribution in [0.5, 0.6) is 0 Å². The lowest BCUT2D eigenvalue weighted by molar-refractivity contribution is 0.0955. The van der Waals surface area contributed by atoms with Crippen molar-refractivity contribution in [3.63, 3.8) is 0 Å². The number of carbonyl (C=O) groups excluding carboxylic acids is 1. The minimum absolute atomic E-state index is 0.235. The summed E-state index contributed by atoms with van der Waals surface area (Å²) >= 11 is 0. The van der Waals surface area contributed by atoms with Gasteiger partial charge in [0, 0.05) is 31.0 Å². The van der Waals surface area contributed by atoms with Crippen LogP contribution in [0, 0.1) is 5.82 Å². The van der Waals surface area contributed by atoms with Gasteiger partial charge in [-0.15, -0.1) is 0 Å². The van der Waals surface area contributed by atoms with E-state index in [0.29, 0.717) is 24.5 Å². The second-order valence-electron chi connectivity index (χ2n) is 3.78. The third-order valence-electron chi connectivity index (χ3n) is 2.39. The van der Waals surface area contributed by atoms with E-state index in [0.717, 1.165) is 0 Å². The summed E-state index contributed by atoms with van der Waals surface area (Å²) in [6.45, 7) is 0.971. The molecule has 1 aromatic carbocycles. The van der Waals surface area contributed by atoms with Gasteiger partial charge in [0.25, 0.3) is 5.91 Å². The number of benzene rings is 1.